The van der Waals surface area contributed by atoms with Crippen molar-refractivity contribution in [2.24, 2.45) is 0 Å². The molecule has 2 heterocycles. The van der Waals surface area contributed by atoms with E-state index < -0.39 is 0 Å². The Bertz CT molecular complexity index is 606. The number of thiophene rings is 1. The molecule has 2 aromatic rings. The number of nitrogens with zero attached hydrogens (tertiary/aromatic N) is 3. The zero-order valence-corrected chi connectivity index (χ0v) is 12.5. The summed E-state index contributed by atoms with van der Waals surface area (Å²) in [4.78, 5) is 23.8. The van der Waals surface area contributed by atoms with Crippen molar-refractivity contribution in [2.45, 2.75) is 20.3 Å². The van der Waals surface area contributed by atoms with Crippen LogP contribution in [0.1, 0.15) is 28.8 Å². The van der Waals surface area contributed by atoms with E-state index >= 15 is 0 Å². The van der Waals surface area contributed by atoms with Crippen LogP contribution in [0.2, 0.25) is 0 Å². The van der Waals surface area contributed by atoms with Crippen molar-refractivity contribution in [2.75, 3.05) is 25.5 Å². The third-order valence-corrected chi connectivity index (χ3v) is 3.68. The smallest absolute Gasteiger partial charge is 0.289 e. The van der Waals surface area contributed by atoms with Crippen LogP contribution in [-0.4, -0.2) is 36.5 Å². The van der Waals surface area contributed by atoms with Gasteiger partial charge in [-0.05, 0) is 13.3 Å². The first-order valence-corrected chi connectivity index (χ1v) is 7.14. The Kier molecular flexibility index (Phi) is 3.99. The summed E-state index contributed by atoms with van der Waals surface area (Å²) in [7, 11) is 3.85. The van der Waals surface area contributed by atoms with Crippen LogP contribution in [-0.2, 0) is 0 Å². The predicted octanol–water partition coefficient (Wildman–Crippen LogP) is 2.21. The lowest BCUT2D eigenvalue weighted by atomic mass is 10.2. The van der Waals surface area contributed by atoms with Gasteiger partial charge in [-0.15, -0.1) is 11.3 Å². The maximum Gasteiger partial charge on any atom is 0.289 e. The first kappa shape index (κ1) is 13.7. The van der Waals surface area contributed by atoms with Gasteiger partial charge in [0.2, 0.25) is 5.82 Å². The number of amides is 1. The second kappa shape index (κ2) is 5.52. The lowest BCUT2D eigenvalue weighted by molar-refractivity contribution is 0.0943. The van der Waals surface area contributed by atoms with Crippen LogP contribution in [0.3, 0.4) is 0 Å². The lowest BCUT2D eigenvalue weighted by Gasteiger charge is -2.14. The molecule has 0 aliphatic carbocycles. The summed E-state index contributed by atoms with van der Waals surface area (Å²) in [5, 5.41) is 5.81. The van der Waals surface area contributed by atoms with E-state index in [0.29, 0.717) is 6.54 Å². The number of fused-ring (bicyclic) bond motifs is 1. The molecule has 0 aliphatic rings. The number of aryl methyl sites for hydroxylation is 1. The molecule has 1 N–H and O–H groups in total. The van der Waals surface area contributed by atoms with Gasteiger partial charge in [-0.25, -0.2) is 9.97 Å². The molecule has 2 rings (SSSR count). The number of carbonyl (C=O) groups is 1. The number of nitrogens with one attached hydrogen (secondary N) is 1. The van der Waals surface area contributed by atoms with E-state index in [4.69, 9.17) is 0 Å². The second-order valence-electron chi connectivity index (χ2n) is 4.57. The van der Waals surface area contributed by atoms with Gasteiger partial charge in [0, 0.05) is 30.9 Å². The molecule has 102 valence electrons. The molecule has 0 aliphatic heterocycles. The SMILES string of the molecule is CCCNC(=O)c1nc(N(C)C)c2c(C)scc2n1. The average Bonchev–Trinajstić information content (AvgIpc) is 2.76. The van der Waals surface area contributed by atoms with Crippen LogP contribution in [0, 0.1) is 6.92 Å². The molecule has 0 bridgehead atoms. The lowest BCUT2D eigenvalue weighted by Crippen LogP contribution is -2.27. The Labute approximate surface area is 116 Å². The van der Waals surface area contributed by atoms with E-state index in [1.807, 2.05) is 38.2 Å². The minimum absolute atomic E-state index is 0.212. The van der Waals surface area contributed by atoms with Gasteiger partial charge in [0.1, 0.15) is 5.82 Å². The van der Waals surface area contributed by atoms with Gasteiger partial charge in [0.15, 0.2) is 0 Å². The van der Waals surface area contributed by atoms with Crippen molar-refractivity contribution in [3.05, 3.63) is 16.1 Å². The topological polar surface area (TPSA) is 58.1 Å². The Morgan fingerprint density at radius 3 is 2.79 bits per heavy atom. The van der Waals surface area contributed by atoms with Gasteiger partial charge in [-0.1, -0.05) is 6.92 Å². The van der Waals surface area contributed by atoms with Crippen LogP contribution >= 0.6 is 11.3 Å². The van der Waals surface area contributed by atoms with E-state index in [-0.39, 0.29) is 11.7 Å². The molecule has 19 heavy (non-hydrogen) atoms. The van der Waals surface area contributed by atoms with Gasteiger partial charge in [0.05, 0.1) is 10.9 Å². The predicted molar refractivity (Wildman–Crippen MR) is 79.1 cm³/mol. The van der Waals surface area contributed by atoms with E-state index in [9.17, 15) is 4.79 Å². The van der Waals surface area contributed by atoms with Crippen LogP contribution in [0.4, 0.5) is 5.82 Å². The van der Waals surface area contributed by atoms with Crippen molar-refractivity contribution in [1.82, 2.24) is 15.3 Å². The van der Waals surface area contributed by atoms with Crippen LogP contribution in [0.25, 0.3) is 10.9 Å². The van der Waals surface area contributed by atoms with Crippen molar-refractivity contribution in [3.63, 3.8) is 0 Å². The van der Waals surface area contributed by atoms with Gasteiger partial charge >= 0.3 is 0 Å². The first-order valence-electron chi connectivity index (χ1n) is 6.26. The quantitative estimate of drug-likeness (QED) is 0.931. The number of hydrogen-bond acceptors (Lipinski definition) is 5. The number of aromatic nitrogens is 2. The maximum absolute atomic E-state index is 12.0. The summed E-state index contributed by atoms with van der Waals surface area (Å²) in [5.41, 5.74) is 0.836. The van der Waals surface area contributed by atoms with Gasteiger partial charge in [0.25, 0.3) is 5.91 Å². The van der Waals surface area contributed by atoms with E-state index in [1.165, 1.54) is 4.88 Å². The highest BCUT2D eigenvalue weighted by Gasteiger charge is 2.17. The van der Waals surface area contributed by atoms with Crippen LogP contribution in [0.15, 0.2) is 5.38 Å². The van der Waals surface area contributed by atoms with E-state index in [2.05, 4.69) is 15.3 Å². The summed E-state index contributed by atoms with van der Waals surface area (Å²) >= 11 is 1.63. The van der Waals surface area contributed by atoms with Crippen molar-refractivity contribution < 1.29 is 4.79 Å². The molecule has 0 radical (unpaired) electrons. The second-order valence-corrected chi connectivity index (χ2v) is 5.66. The molecule has 0 saturated heterocycles. The molecule has 0 unspecified atom stereocenters. The Morgan fingerprint density at radius 2 is 2.16 bits per heavy atom. The fourth-order valence-corrected chi connectivity index (χ4v) is 2.61. The largest absolute Gasteiger partial charge is 0.362 e. The molecule has 0 atom stereocenters. The Morgan fingerprint density at radius 1 is 1.42 bits per heavy atom. The summed E-state index contributed by atoms with van der Waals surface area (Å²) < 4.78 is 0. The average molecular weight is 278 g/mol. The molecule has 2 aromatic heterocycles. The van der Waals surface area contributed by atoms with E-state index in [1.54, 1.807) is 11.3 Å². The first-order chi connectivity index (χ1) is 9.04. The highest BCUT2D eigenvalue weighted by atomic mass is 32.1. The standard InChI is InChI=1S/C13H18N4OS/c1-5-6-14-13(18)11-15-9-7-19-8(2)10(9)12(16-11)17(3)4/h7H,5-6H2,1-4H3,(H,14,18). The highest BCUT2D eigenvalue weighted by Crippen LogP contribution is 2.30. The molecule has 0 fully saturated rings. The molecular weight excluding hydrogens is 260 g/mol. The Balaban J connectivity index is 2.50. The number of carbonyl (C=O) groups excluding carboxylic acids is 1. The molecule has 5 nitrogen and oxygen atoms in total. The van der Waals surface area contributed by atoms with Crippen molar-refractivity contribution in [3.8, 4) is 0 Å². The summed E-state index contributed by atoms with van der Waals surface area (Å²) in [6, 6.07) is 0. The van der Waals surface area contributed by atoms with E-state index in [0.717, 1.165) is 23.1 Å². The zero-order chi connectivity index (χ0) is 14.0. The fourth-order valence-electron chi connectivity index (χ4n) is 1.83. The zero-order valence-electron chi connectivity index (χ0n) is 11.6. The van der Waals surface area contributed by atoms with Crippen LogP contribution in [0.5, 0.6) is 0 Å². The monoisotopic (exact) mass is 278 g/mol. The minimum atomic E-state index is -0.212. The molecule has 6 heteroatoms. The van der Waals surface area contributed by atoms with Crippen molar-refractivity contribution >= 4 is 34.0 Å². The Hall–Kier alpha value is -1.69. The van der Waals surface area contributed by atoms with Gasteiger partial charge < -0.3 is 10.2 Å². The van der Waals surface area contributed by atoms with Gasteiger partial charge in [-0.3, -0.25) is 4.79 Å². The maximum atomic E-state index is 12.0. The number of hydrogen-bond donors (Lipinski definition) is 1. The van der Waals surface area contributed by atoms with Crippen LogP contribution < -0.4 is 10.2 Å². The molecule has 0 spiro atoms. The third kappa shape index (κ3) is 2.68. The molecular formula is C13H18N4OS. The fraction of sp³-hybridized carbons (Fsp3) is 0.462. The normalized spacial score (nSPS) is 10.7. The van der Waals surface area contributed by atoms with Gasteiger partial charge in [-0.2, -0.15) is 0 Å². The highest BCUT2D eigenvalue weighted by molar-refractivity contribution is 7.11. The molecule has 0 aromatic carbocycles. The number of anilines is 1. The number of rotatable bonds is 4. The molecule has 1 amide bonds. The minimum Gasteiger partial charge on any atom is -0.362 e. The van der Waals surface area contributed by atoms with Crippen molar-refractivity contribution in [1.29, 1.82) is 0 Å². The third-order valence-electron chi connectivity index (χ3n) is 2.78. The summed E-state index contributed by atoms with van der Waals surface area (Å²) in [6.07, 6.45) is 0.895. The summed E-state index contributed by atoms with van der Waals surface area (Å²) in [6.45, 7) is 4.69. The summed E-state index contributed by atoms with van der Waals surface area (Å²) in [5.74, 6) is 0.823. The molecule has 0 saturated carbocycles.